The summed E-state index contributed by atoms with van der Waals surface area (Å²) in [6.07, 6.45) is 1.11. The quantitative estimate of drug-likeness (QED) is 0.696. The molecule has 0 aromatic rings. The molecule has 0 aromatic carbocycles. The molecule has 7 heteroatoms. The summed E-state index contributed by atoms with van der Waals surface area (Å²) in [6, 6.07) is -0.374. The van der Waals surface area contributed by atoms with Crippen LogP contribution in [0.2, 0.25) is 0 Å². The minimum absolute atomic E-state index is 0.219. The van der Waals surface area contributed by atoms with Crippen molar-refractivity contribution >= 4 is 6.09 Å². The highest BCUT2D eigenvalue weighted by molar-refractivity contribution is 5.68. The second kappa shape index (κ2) is 7.78. The fourth-order valence-corrected chi connectivity index (χ4v) is 3.73. The van der Waals surface area contributed by atoms with E-state index in [1.54, 1.807) is 27.8 Å². The molecule has 3 N–H and O–H groups in total. The van der Waals surface area contributed by atoms with Crippen molar-refractivity contribution in [3.05, 3.63) is 0 Å². The van der Waals surface area contributed by atoms with E-state index < -0.39 is 29.5 Å². The van der Waals surface area contributed by atoms with Crippen LogP contribution in [0, 0.1) is 0 Å². The molecular formula is C18H34N2O5. The van der Waals surface area contributed by atoms with Crippen molar-refractivity contribution in [3.63, 3.8) is 0 Å². The molecule has 146 valence electrons. The van der Waals surface area contributed by atoms with Crippen molar-refractivity contribution in [1.82, 2.24) is 9.80 Å². The number of aliphatic hydroxyl groups excluding tert-OH is 2. The number of hydrogen-bond donors (Lipinski definition) is 3. The highest BCUT2D eigenvalue weighted by Gasteiger charge is 2.50. The topological polar surface area (TPSA) is 93.5 Å². The molecule has 0 radical (unpaired) electrons. The average Bonchev–Trinajstić information content (AvgIpc) is 2.51. The summed E-state index contributed by atoms with van der Waals surface area (Å²) < 4.78 is 5.35. The summed E-state index contributed by atoms with van der Waals surface area (Å²) in [5.74, 6) is 0. The second-order valence-corrected chi connectivity index (χ2v) is 8.58. The molecule has 1 saturated heterocycles. The molecule has 1 saturated carbocycles. The van der Waals surface area contributed by atoms with E-state index in [0.717, 1.165) is 25.9 Å². The fraction of sp³-hybridized carbons (Fsp3) is 0.944. The maximum Gasteiger partial charge on any atom is 0.410 e. The summed E-state index contributed by atoms with van der Waals surface area (Å²) in [7, 11) is 1.60. The summed E-state index contributed by atoms with van der Waals surface area (Å²) in [5.41, 5.74) is -2.16. The summed E-state index contributed by atoms with van der Waals surface area (Å²) in [5, 5.41) is 32.0. The lowest BCUT2D eigenvalue weighted by Crippen LogP contribution is -2.65. The van der Waals surface area contributed by atoms with Gasteiger partial charge >= 0.3 is 6.09 Å². The van der Waals surface area contributed by atoms with Gasteiger partial charge in [0.05, 0.1) is 12.2 Å². The number of β-amino-alcohol motifs (C(OH)–C–C–N with tert-alkyl or cyclic N) is 1. The zero-order valence-electron chi connectivity index (χ0n) is 15.9. The van der Waals surface area contributed by atoms with Gasteiger partial charge in [-0.1, -0.05) is 6.42 Å². The highest BCUT2D eigenvalue weighted by Crippen LogP contribution is 2.33. The van der Waals surface area contributed by atoms with Crippen LogP contribution in [0.25, 0.3) is 0 Å². The first-order valence-electron chi connectivity index (χ1n) is 9.29. The van der Waals surface area contributed by atoms with Crippen LogP contribution in [0.5, 0.6) is 0 Å². The molecule has 7 nitrogen and oxygen atoms in total. The van der Waals surface area contributed by atoms with Crippen molar-refractivity contribution < 1.29 is 24.9 Å². The van der Waals surface area contributed by atoms with E-state index in [0.29, 0.717) is 0 Å². The van der Waals surface area contributed by atoms with Gasteiger partial charge in [-0.25, -0.2) is 4.79 Å². The van der Waals surface area contributed by atoms with Gasteiger partial charge in [0.15, 0.2) is 0 Å². The van der Waals surface area contributed by atoms with E-state index in [9.17, 15) is 20.1 Å². The molecular weight excluding hydrogens is 324 g/mol. The molecule has 1 aliphatic carbocycles. The normalized spacial score (nSPS) is 34.6. The van der Waals surface area contributed by atoms with Crippen LogP contribution in [-0.4, -0.2) is 87.3 Å². The van der Waals surface area contributed by atoms with Crippen molar-refractivity contribution in [2.75, 3.05) is 26.7 Å². The van der Waals surface area contributed by atoms with Gasteiger partial charge in [-0.15, -0.1) is 0 Å². The van der Waals surface area contributed by atoms with Gasteiger partial charge in [-0.3, -0.25) is 0 Å². The molecule has 0 spiro atoms. The van der Waals surface area contributed by atoms with E-state index in [2.05, 4.69) is 4.90 Å². The third-order valence-corrected chi connectivity index (χ3v) is 5.30. The molecule has 25 heavy (non-hydrogen) atoms. The van der Waals surface area contributed by atoms with E-state index in [1.165, 1.54) is 11.3 Å². The number of likely N-dealkylation sites (tertiary alicyclic amines) is 1. The van der Waals surface area contributed by atoms with Gasteiger partial charge < -0.3 is 29.9 Å². The van der Waals surface area contributed by atoms with E-state index in [1.807, 2.05) is 0 Å². The Balaban J connectivity index is 1.99. The lowest BCUT2D eigenvalue weighted by atomic mass is 9.76. The van der Waals surface area contributed by atoms with E-state index >= 15 is 0 Å². The molecule has 1 amide bonds. The Morgan fingerprint density at radius 2 is 1.68 bits per heavy atom. The predicted molar refractivity (Wildman–Crippen MR) is 94.3 cm³/mol. The first kappa shape index (κ1) is 20.4. The Hall–Kier alpha value is -0.890. The minimum Gasteiger partial charge on any atom is -0.444 e. The van der Waals surface area contributed by atoms with E-state index in [4.69, 9.17) is 4.74 Å². The summed E-state index contributed by atoms with van der Waals surface area (Å²) in [6.45, 7) is 7.40. The smallest absolute Gasteiger partial charge is 0.410 e. The standard InChI is InChI=1S/C18H34N2O5/c1-17(2,3)25-16(23)19(4)13-10-14(21)18(24,15(22)11-13)12-20-8-6-5-7-9-20/h13-15,21-22,24H,5-12H2,1-4H3/t13?,14-,15+,18?. The zero-order valence-corrected chi connectivity index (χ0v) is 15.9. The van der Waals surface area contributed by atoms with Gasteiger partial charge in [0.2, 0.25) is 0 Å². The van der Waals surface area contributed by atoms with Crippen LogP contribution in [0.3, 0.4) is 0 Å². The maximum absolute atomic E-state index is 12.2. The number of rotatable bonds is 3. The lowest BCUT2D eigenvalue weighted by molar-refractivity contribution is -0.188. The zero-order chi connectivity index (χ0) is 18.8. The largest absolute Gasteiger partial charge is 0.444 e. The van der Waals surface area contributed by atoms with Crippen LogP contribution < -0.4 is 0 Å². The van der Waals surface area contributed by atoms with Crippen LogP contribution in [0.15, 0.2) is 0 Å². The van der Waals surface area contributed by atoms with Gasteiger partial charge in [0.1, 0.15) is 11.2 Å². The maximum atomic E-state index is 12.2. The van der Waals surface area contributed by atoms with E-state index in [-0.39, 0.29) is 25.4 Å². The van der Waals surface area contributed by atoms with Crippen molar-refractivity contribution in [1.29, 1.82) is 0 Å². The van der Waals surface area contributed by atoms with Crippen molar-refractivity contribution in [2.45, 2.75) is 82.3 Å². The Kier molecular flexibility index (Phi) is 6.35. The highest BCUT2D eigenvalue weighted by atomic mass is 16.6. The Morgan fingerprint density at radius 3 is 2.16 bits per heavy atom. The van der Waals surface area contributed by atoms with Gasteiger partial charge in [0.25, 0.3) is 0 Å². The molecule has 2 unspecified atom stereocenters. The number of carbonyl (C=O) groups is 1. The molecule has 2 aliphatic rings. The van der Waals surface area contributed by atoms with Gasteiger partial charge in [-0.05, 0) is 59.5 Å². The van der Waals surface area contributed by atoms with Crippen LogP contribution >= 0.6 is 0 Å². The van der Waals surface area contributed by atoms with Crippen molar-refractivity contribution in [2.24, 2.45) is 0 Å². The van der Waals surface area contributed by atoms with Crippen LogP contribution in [-0.2, 0) is 4.74 Å². The fourth-order valence-electron chi connectivity index (χ4n) is 3.73. The molecule has 2 fully saturated rings. The van der Waals surface area contributed by atoms with Crippen LogP contribution in [0.4, 0.5) is 4.79 Å². The molecule has 1 heterocycles. The number of ether oxygens (including phenoxy) is 1. The average molecular weight is 358 g/mol. The third-order valence-electron chi connectivity index (χ3n) is 5.30. The lowest BCUT2D eigenvalue weighted by Gasteiger charge is -2.48. The first-order chi connectivity index (χ1) is 11.5. The van der Waals surface area contributed by atoms with Gasteiger partial charge in [-0.2, -0.15) is 0 Å². The number of carbonyl (C=O) groups excluding carboxylic acids is 1. The summed E-state index contributed by atoms with van der Waals surface area (Å²) in [4.78, 5) is 15.7. The SMILES string of the molecule is CN(C(=O)OC(C)(C)C)C1C[C@@H](O)C(O)(CN2CCCCC2)[C@@H](O)C1. The molecule has 4 atom stereocenters. The van der Waals surface area contributed by atoms with Crippen molar-refractivity contribution in [3.8, 4) is 0 Å². The first-order valence-corrected chi connectivity index (χ1v) is 9.29. The number of amides is 1. The third kappa shape index (κ3) is 5.06. The predicted octanol–water partition coefficient (Wildman–Crippen LogP) is 0.954. The van der Waals surface area contributed by atoms with Crippen LogP contribution in [0.1, 0.15) is 52.9 Å². The molecule has 2 rings (SSSR count). The summed E-state index contributed by atoms with van der Waals surface area (Å²) >= 11 is 0. The number of nitrogens with zero attached hydrogens (tertiary/aromatic N) is 2. The molecule has 0 bridgehead atoms. The Bertz CT molecular complexity index is 447. The monoisotopic (exact) mass is 358 g/mol. The second-order valence-electron chi connectivity index (χ2n) is 8.58. The molecule has 0 aromatic heterocycles. The number of aliphatic hydroxyl groups is 3. The molecule has 1 aliphatic heterocycles. The Labute approximate surface area is 150 Å². The van der Waals surface area contributed by atoms with Gasteiger partial charge in [0, 0.05) is 19.6 Å². The Morgan fingerprint density at radius 1 is 1.16 bits per heavy atom. The number of hydrogen-bond acceptors (Lipinski definition) is 6. The number of piperidine rings is 1. The minimum atomic E-state index is -1.55.